The molecule has 0 aliphatic carbocycles. The first-order valence-electron chi connectivity index (χ1n) is 7.89. The zero-order valence-corrected chi connectivity index (χ0v) is 13.6. The topological polar surface area (TPSA) is 87.5 Å². The molecular formula is C16H21ClN4O2. The normalized spacial score (nSPS) is 27.9. The Morgan fingerprint density at radius 1 is 1.30 bits per heavy atom. The Morgan fingerprint density at radius 3 is 2.87 bits per heavy atom. The molecule has 0 saturated carbocycles. The molecule has 0 spiro atoms. The number of nitrogens with two attached hydrogens (primary N) is 1. The standard InChI is InChI=1S/C16H21ClN4O2/c17-12-5-1-3-10(7-12)13-8-14(20-19-13)16(23)21-6-2-4-11(9-21)15(18)22/h1,3,5,7,11,13-14,19-20H,2,4,6,8-9H2,(H2,18,22). The molecule has 3 unspecified atom stereocenters. The largest absolute Gasteiger partial charge is 0.369 e. The van der Waals surface area contributed by atoms with E-state index in [1.807, 2.05) is 24.3 Å². The summed E-state index contributed by atoms with van der Waals surface area (Å²) < 4.78 is 0. The maximum Gasteiger partial charge on any atom is 0.241 e. The SMILES string of the molecule is NC(=O)C1CCCN(C(=O)C2CC(c3cccc(Cl)c3)NN2)C1. The molecule has 23 heavy (non-hydrogen) atoms. The van der Waals surface area contributed by atoms with Gasteiger partial charge in [-0.2, -0.15) is 0 Å². The number of nitrogens with zero attached hydrogens (tertiary/aromatic N) is 1. The number of piperidine rings is 1. The summed E-state index contributed by atoms with van der Waals surface area (Å²) in [5.41, 5.74) is 12.6. The van der Waals surface area contributed by atoms with Gasteiger partial charge in [-0.05, 0) is 37.0 Å². The maximum absolute atomic E-state index is 12.7. The van der Waals surface area contributed by atoms with Crippen molar-refractivity contribution in [1.29, 1.82) is 0 Å². The molecule has 124 valence electrons. The van der Waals surface area contributed by atoms with Crippen LogP contribution in [0.4, 0.5) is 0 Å². The summed E-state index contributed by atoms with van der Waals surface area (Å²) in [4.78, 5) is 25.8. The van der Waals surface area contributed by atoms with Gasteiger partial charge in [-0.15, -0.1) is 0 Å². The Hall–Kier alpha value is -1.63. The van der Waals surface area contributed by atoms with E-state index in [1.54, 1.807) is 4.90 Å². The van der Waals surface area contributed by atoms with Crippen molar-refractivity contribution < 1.29 is 9.59 Å². The first kappa shape index (κ1) is 16.2. The number of amides is 2. The average Bonchev–Trinajstić information content (AvgIpc) is 3.04. The van der Waals surface area contributed by atoms with Crippen molar-refractivity contribution in [1.82, 2.24) is 15.8 Å². The van der Waals surface area contributed by atoms with E-state index in [-0.39, 0.29) is 29.8 Å². The van der Waals surface area contributed by atoms with Crippen LogP contribution in [0.1, 0.15) is 30.9 Å². The van der Waals surface area contributed by atoms with E-state index in [1.165, 1.54) is 0 Å². The molecule has 1 aromatic rings. The van der Waals surface area contributed by atoms with Gasteiger partial charge in [0, 0.05) is 24.2 Å². The number of nitrogens with one attached hydrogen (secondary N) is 2. The third-order valence-electron chi connectivity index (χ3n) is 4.59. The van der Waals surface area contributed by atoms with Gasteiger partial charge < -0.3 is 10.6 Å². The van der Waals surface area contributed by atoms with Crippen LogP contribution >= 0.6 is 11.6 Å². The van der Waals surface area contributed by atoms with Crippen molar-refractivity contribution in [2.75, 3.05) is 13.1 Å². The van der Waals surface area contributed by atoms with Crippen molar-refractivity contribution in [2.45, 2.75) is 31.3 Å². The monoisotopic (exact) mass is 336 g/mol. The fraction of sp³-hybridized carbons (Fsp3) is 0.500. The Kier molecular flexibility index (Phi) is 4.84. The van der Waals surface area contributed by atoms with Crippen LogP contribution in [0.2, 0.25) is 5.02 Å². The molecule has 2 saturated heterocycles. The van der Waals surface area contributed by atoms with Gasteiger partial charge >= 0.3 is 0 Å². The number of hydrazine groups is 1. The molecule has 3 rings (SSSR count). The minimum atomic E-state index is -0.322. The molecule has 1 aromatic carbocycles. The van der Waals surface area contributed by atoms with E-state index in [0.717, 1.165) is 18.4 Å². The molecule has 6 nitrogen and oxygen atoms in total. The van der Waals surface area contributed by atoms with Crippen LogP contribution in [0.15, 0.2) is 24.3 Å². The highest BCUT2D eigenvalue weighted by atomic mass is 35.5. The number of benzene rings is 1. The minimum absolute atomic E-state index is 0.0213. The van der Waals surface area contributed by atoms with Gasteiger partial charge in [0.25, 0.3) is 0 Å². The van der Waals surface area contributed by atoms with E-state index in [4.69, 9.17) is 17.3 Å². The first-order chi connectivity index (χ1) is 11.0. The van der Waals surface area contributed by atoms with Crippen LogP contribution in [0, 0.1) is 5.92 Å². The highest BCUT2D eigenvalue weighted by Crippen LogP contribution is 2.26. The van der Waals surface area contributed by atoms with Gasteiger partial charge in [-0.1, -0.05) is 23.7 Å². The quantitative estimate of drug-likeness (QED) is 0.767. The van der Waals surface area contributed by atoms with E-state index in [2.05, 4.69) is 10.9 Å². The lowest BCUT2D eigenvalue weighted by molar-refractivity contribution is -0.136. The minimum Gasteiger partial charge on any atom is -0.369 e. The predicted octanol–water partition coefficient (Wildman–Crippen LogP) is 0.971. The summed E-state index contributed by atoms with van der Waals surface area (Å²) in [7, 11) is 0. The Bertz CT molecular complexity index is 609. The Morgan fingerprint density at radius 2 is 2.13 bits per heavy atom. The number of hydrogen-bond donors (Lipinski definition) is 3. The number of carbonyl (C=O) groups excluding carboxylic acids is 2. The van der Waals surface area contributed by atoms with Crippen LogP contribution < -0.4 is 16.6 Å². The molecule has 0 radical (unpaired) electrons. The number of rotatable bonds is 3. The first-order valence-corrected chi connectivity index (χ1v) is 8.27. The molecule has 2 heterocycles. The van der Waals surface area contributed by atoms with Crippen molar-refractivity contribution in [2.24, 2.45) is 11.7 Å². The van der Waals surface area contributed by atoms with Crippen molar-refractivity contribution in [3.63, 3.8) is 0 Å². The number of halogens is 1. The second kappa shape index (κ2) is 6.86. The van der Waals surface area contributed by atoms with Gasteiger partial charge in [0.15, 0.2) is 0 Å². The van der Waals surface area contributed by atoms with E-state index in [0.29, 0.717) is 24.5 Å². The fourth-order valence-electron chi connectivity index (χ4n) is 3.29. The molecule has 3 atom stereocenters. The van der Waals surface area contributed by atoms with Gasteiger partial charge in [0.1, 0.15) is 6.04 Å². The Labute approximate surface area is 140 Å². The molecule has 2 aliphatic heterocycles. The zero-order valence-electron chi connectivity index (χ0n) is 12.8. The second-order valence-electron chi connectivity index (χ2n) is 6.21. The van der Waals surface area contributed by atoms with E-state index >= 15 is 0 Å². The third kappa shape index (κ3) is 3.65. The lowest BCUT2D eigenvalue weighted by Gasteiger charge is -2.32. The molecule has 0 aromatic heterocycles. The van der Waals surface area contributed by atoms with Crippen LogP contribution in [-0.2, 0) is 9.59 Å². The van der Waals surface area contributed by atoms with Gasteiger partial charge in [0.2, 0.25) is 11.8 Å². The molecule has 0 bridgehead atoms. The molecule has 2 fully saturated rings. The zero-order chi connectivity index (χ0) is 16.4. The highest BCUT2D eigenvalue weighted by molar-refractivity contribution is 6.30. The predicted molar refractivity (Wildman–Crippen MR) is 87.4 cm³/mol. The van der Waals surface area contributed by atoms with Gasteiger partial charge in [0.05, 0.1) is 5.92 Å². The summed E-state index contributed by atoms with van der Waals surface area (Å²) in [6.07, 6.45) is 2.23. The number of carbonyl (C=O) groups is 2. The molecule has 7 heteroatoms. The Balaban J connectivity index is 1.62. The van der Waals surface area contributed by atoms with Crippen molar-refractivity contribution >= 4 is 23.4 Å². The van der Waals surface area contributed by atoms with Crippen molar-refractivity contribution in [3.05, 3.63) is 34.9 Å². The second-order valence-corrected chi connectivity index (χ2v) is 6.65. The van der Waals surface area contributed by atoms with Crippen LogP contribution in [0.3, 0.4) is 0 Å². The summed E-state index contributed by atoms with van der Waals surface area (Å²) in [5, 5.41) is 0.680. The van der Waals surface area contributed by atoms with Crippen molar-refractivity contribution in [3.8, 4) is 0 Å². The summed E-state index contributed by atoms with van der Waals surface area (Å²) >= 11 is 6.02. The lowest BCUT2D eigenvalue weighted by Crippen LogP contribution is -2.50. The summed E-state index contributed by atoms with van der Waals surface area (Å²) in [6.45, 7) is 1.11. The third-order valence-corrected chi connectivity index (χ3v) is 4.82. The van der Waals surface area contributed by atoms with Crippen LogP contribution in [0.5, 0.6) is 0 Å². The maximum atomic E-state index is 12.7. The average molecular weight is 337 g/mol. The summed E-state index contributed by atoms with van der Waals surface area (Å²) in [5.74, 6) is -0.532. The van der Waals surface area contributed by atoms with Gasteiger partial charge in [-0.3, -0.25) is 9.59 Å². The molecular weight excluding hydrogens is 316 g/mol. The number of hydrogen-bond acceptors (Lipinski definition) is 4. The molecule has 2 amide bonds. The van der Waals surface area contributed by atoms with E-state index in [9.17, 15) is 9.59 Å². The lowest BCUT2D eigenvalue weighted by atomic mass is 9.96. The smallest absolute Gasteiger partial charge is 0.241 e. The summed E-state index contributed by atoms with van der Waals surface area (Å²) in [6, 6.07) is 7.36. The van der Waals surface area contributed by atoms with Crippen LogP contribution in [-0.4, -0.2) is 35.8 Å². The molecule has 4 N–H and O–H groups in total. The molecule has 2 aliphatic rings. The fourth-order valence-corrected chi connectivity index (χ4v) is 3.49. The van der Waals surface area contributed by atoms with Gasteiger partial charge in [-0.25, -0.2) is 10.9 Å². The highest BCUT2D eigenvalue weighted by Gasteiger charge is 2.35. The number of likely N-dealkylation sites (tertiary alicyclic amines) is 1. The van der Waals surface area contributed by atoms with Crippen LogP contribution in [0.25, 0.3) is 0 Å². The number of primary amides is 1. The van der Waals surface area contributed by atoms with E-state index < -0.39 is 0 Å².